The molecule has 9 nitrogen and oxygen atoms in total. The fourth-order valence-corrected chi connectivity index (χ4v) is 3.52. The number of nitrogens with zero attached hydrogens (tertiary/aromatic N) is 3. The molecule has 30 heavy (non-hydrogen) atoms. The number of nitrogens with one attached hydrogen (secondary N) is 2. The number of amides is 2. The van der Waals surface area contributed by atoms with Crippen LogP contribution in [-0.4, -0.2) is 59.0 Å². The van der Waals surface area contributed by atoms with Crippen LogP contribution in [-0.2, 0) is 6.42 Å². The fraction of sp³-hybridized carbons (Fsp3) is 0.571. The normalized spacial score (nSPS) is 16.3. The highest BCUT2D eigenvalue weighted by Crippen LogP contribution is 2.24. The maximum absolute atomic E-state index is 12.7. The van der Waals surface area contributed by atoms with E-state index in [9.17, 15) is 9.90 Å². The molecule has 1 aromatic heterocycles. The van der Waals surface area contributed by atoms with Gasteiger partial charge >= 0.3 is 6.03 Å². The third kappa shape index (κ3) is 6.17. The van der Waals surface area contributed by atoms with Crippen molar-refractivity contribution in [2.24, 2.45) is 5.73 Å². The zero-order valence-corrected chi connectivity index (χ0v) is 17.5. The first kappa shape index (κ1) is 22.0. The molecular weight excluding hydrogens is 384 g/mol. The average Bonchev–Trinajstić information content (AvgIpc) is 3.26. The van der Waals surface area contributed by atoms with E-state index in [1.54, 1.807) is 17.0 Å². The molecule has 9 heteroatoms. The molecule has 2 amide bonds. The quantitative estimate of drug-likeness (QED) is 0.459. The van der Waals surface area contributed by atoms with E-state index in [1.807, 2.05) is 19.1 Å². The van der Waals surface area contributed by atoms with Gasteiger partial charge < -0.3 is 30.8 Å². The monoisotopic (exact) mass is 416 g/mol. The van der Waals surface area contributed by atoms with Gasteiger partial charge in [-0.3, -0.25) is 0 Å². The number of aromatic hydroxyl groups is 1. The van der Waals surface area contributed by atoms with E-state index in [1.165, 1.54) is 0 Å². The summed E-state index contributed by atoms with van der Waals surface area (Å²) in [5.74, 6) is 1.23. The number of carbonyl (C=O) groups excluding carboxylic acids is 1. The first-order chi connectivity index (χ1) is 14.6. The third-order valence-electron chi connectivity index (χ3n) is 5.30. The van der Waals surface area contributed by atoms with Gasteiger partial charge in [0, 0.05) is 32.1 Å². The summed E-state index contributed by atoms with van der Waals surface area (Å²) in [5, 5.41) is 24.2. The lowest BCUT2D eigenvalue weighted by molar-refractivity contribution is 0.182. The van der Waals surface area contributed by atoms with Gasteiger partial charge in [-0.25, -0.2) is 4.79 Å². The zero-order chi connectivity index (χ0) is 21.3. The van der Waals surface area contributed by atoms with Gasteiger partial charge in [0.05, 0.1) is 0 Å². The van der Waals surface area contributed by atoms with Crippen LogP contribution in [0.15, 0.2) is 28.7 Å². The Labute approximate surface area is 177 Å². The number of nitrogens with two attached hydrogens (primary N) is 1. The first-order valence-corrected chi connectivity index (χ1v) is 10.6. The summed E-state index contributed by atoms with van der Waals surface area (Å²) in [4.78, 5) is 14.5. The van der Waals surface area contributed by atoms with Crippen LogP contribution in [0.1, 0.15) is 55.5 Å². The van der Waals surface area contributed by atoms with Crippen LogP contribution in [0.5, 0.6) is 5.75 Å². The summed E-state index contributed by atoms with van der Waals surface area (Å²) in [6.07, 6.45) is 3.15. The maximum Gasteiger partial charge on any atom is 0.318 e. The van der Waals surface area contributed by atoms with Crippen LogP contribution in [0.25, 0.3) is 0 Å². The number of hydrogen-bond acceptors (Lipinski definition) is 7. The number of phenolic OH excluding ortho intramolecular Hbond substituents is 1. The standard InChI is InChI=1S/C21H32N6O3/c1-15(14-16-5-7-17(28)8-6-16)19-25-26-20(30-19)18(4-2-3-9-22)24-21(29)27-12-10-23-11-13-27/h5-8,15,18,23,28H,2-4,9-14,22H2,1H3,(H,24,29)/t15-,18-/m0/s1. The molecule has 0 unspecified atom stereocenters. The Kier molecular flexibility index (Phi) is 8.04. The van der Waals surface area contributed by atoms with Crippen molar-refractivity contribution in [2.45, 2.75) is 44.6 Å². The second kappa shape index (κ2) is 10.9. The van der Waals surface area contributed by atoms with E-state index in [2.05, 4.69) is 20.8 Å². The molecule has 1 aliphatic rings. The van der Waals surface area contributed by atoms with Crippen molar-refractivity contribution in [3.63, 3.8) is 0 Å². The van der Waals surface area contributed by atoms with Gasteiger partial charge in [0.25, 0.3) is 0 Å². The Balaban J connectivity index is 1.65. The number of urea groups is 1. The second-order valence-corrected chi connectivity index (χ2v) is 7.77. The van der Waals surface area contributed by atoms with Gasteiger partial charge in [-0.05, 0) is 49.9 Å². The van der Waals surface area contributed by atoms with Crippen molar-refractivity contribution in [2.75, 3.05) is 32.7 Å². The van der Waals surface area contributed by atoms with Crippen molar-refractivity contribution in [1.82, 2.24) is 25.7 Å². The number of hydrogen-bond donors (Lipinski definition) is 4. The lowest BCUT2D eigenvalue weighted by Crippen LogP contribution is -2.50. The van der Waals surface area contributed by atoms with Crippen molar-refractivity contribution in [3.05, 3.63) is 41.6 Å². The van der Waals surface area contributed by atoms with E-state index < -0.39 is 0 Å². The minimum atomic E-state index is -0.332. The maximum atomic E-state index is 12.7. The molecule has 0 spiro atoms. The van der Waals surface area contributed by atoms with Crippen LogP contribution in [0.2, 0.25) is 0 Å². The summed E-state index contributed by atoms with van der Waals surface area (Å²) >= 11 is 0. The topological polar surface area (TPSA) is 130 Å². The van der Waals surface area contributed by atoms with E-state index in [0.29, 0.717) is 44.3 Å². The number of aromatic nitrogens is 2. The predicted octanol–water partition coefficient (Wildman–Crippen LogP) is 1.91. The zero-order valence-electron chi connectivity index (χ0n) is 17.5. The van der Waals surface area contributed by atoms with Gasteiger partial charge in [-0.15, -0.1) is 10.2 Å². The minimum Gasteiger partial charge on any atom is -0.508 e. The number of benzene rings is 1. The highest BCUT2D eigenvalue weighted by atomic mass is 16.4. The number of carbonyl (C=O) groups is 1. The van der Waals surface area contributed by atoms with Crippen LogP contribution >= 0.6 is 0 Å². The molecule has 2 heterocycles. The first-order valence-electron chi connectivity index (χ1n) is 10.6. The van der Waals surface area contributed by atoms with Gasteiger partial charge in [0.2, 0.25) is 11.8 Å². The van der Waals surface area contributed by atoms with Crippen molar-refractivity contribution < 1.29 is 14.3 Å². The summed E-state index contributed by atoms with van der Waals surface area (Å²) in [6.45, 7) is 5.58. The van der Waals surface area contributed by atoms with E-state index >= 15 is 0 Å². The smallest absolute Gasteiger partial charge is 0.318 e. The summed E-state index contributed by atoms with van der Waals surface area (Å²) in [6, 6.07) is 6.66. The molecular formula is C21H32N6O3. The highest BCUT2D eigenvalue weighted by molar-refractivity contribution is 5.74. The second-order valence-electron chi connectivity index (χ2n) is 7.77. The molecule has 1 aromatic carbocycles. The molecule has 1 saturated heterocycles. The molecule has 0 aliphatic carbocycles. The number of phenols is 1. The van der Waals surface area contributed by atoms with E-state index in [-0.39, 0.29) is 23.7 Å². The molecule has 5 N–H and O–H groups in total. The SMILES string of the molecule is C[C@@H](Cc1ccc(O)cc1)c1nnc([C@H](CCCCN)NC(=O)N2CCNCC2)o1. The minimum absolute atomic E-state index is 0.0179. The average molecular weight is 417 g/mol. The van der Waals surface area contributed by atoms with Crippen molar-refractivity contribution >= 4 is 6.03 Å². The molecule has 2 atom stereocenters. The van der Waals surface area contributed by atoms with E-state index in [4.69, 9.17) is 10.2 Å². The van der Waals surface area contributed by atoms with Crippen LogP contribution in [0.4, 0.5) is 4.79 Å². The fourth-order valence-electron chi connectivity index (χ4n) is 3.52. The molecule has 0 bridgehead atoms. The molecule has 1 fully saturated rings. The Morgan fingerprint density at radius 3 is 2.63 bits per heavy atom. The lowest BCUT2D eigenvalue weighted by atomic mass is 10.0. The number of rotatable bonds is 9. The largest absolute Gasteiger partial charge is 0.508 e. The van der Waals surface area contributed by atoms with Crippen LogP contribution in [0, 0.1) is 0 Å². The third-order valence-corrected chi connectivity index (χ3v) is 5.30. The van der Waals surface area contributed by atoms with Gasteiger partial charge in [0.1, 0.15) is 11.8 Å². The molecule has 2 aromatic rings. The summed E-state index contributed by atoms with van der Waals surface area (Å²) in [5.41, 5.74) is 6.70. The van der Waals surface area contributed by atoms with Gasteiger partial charge in [0.15, 0.2) is 0 Å². The molecule has 0 saturated carbocycles. The Morgan fingerprint density at radius 1 is 1.23 bits per heavy atom. The molecule has 164 valence electrons. The Morgan fingerprint density at radius 2 is 1.93 bits per heavy atom. The Hall–Kier alpha value is -2.65. The molecule has 0 radical (unpaired) electrons. The van der Waals surface area contributed by atoms with Crippen molar-refractivity contribution in [1.29, 1.82) is 0 Å². The van der Waals surface area contributed by atoms with E-state index in [0.717, 1.165) is 31.5 Å². The van der Waals surface area contributed by atoms with Crippen LogP contribution in [0.3, 0.4) is 0 Å². The Bertz CT molecular complexity index is 788. The summed E-state index contributed by atoms with van der Waals surface area (Å²) < 4.78 is 5.97. The molecule has 1 aliphatic heterocycles. The lowest BCUT2D eigenvalue weighted by Gasteiger charge is -2.29. The predicted molar refractivity (Wildman–Crippen MR) is 113 cm³/mol. The number of piperazine rings is 1. The summed E-state index contributed by atoms with van der Waals surface area (Å²) in [7, 11) is 0. The number of unbranched alkanes of at least 4 members (excludes halogenated alkanes) is 1. The van der Waals surface area contributed by atoms with Crippen LogP contribution < -0.4 is 16.4 Å². The van der Waals surface area contributed by atoms with Gasteiger partial charge in [-0.2, -0.15) is 0 Å². The van der Waals surface area contributed by atoms with Gasteiger partial charge in [-0.1, -0.05) is 19.1 Å². The van der Waals surface area contributed by atoms with Crippen molar-refractivity contribution in [3.8, 4) is 5.75 Å². The molecule has 3 rings (SSSR count). The highest BCUT2D eigenvalue weighted by Gasteiger charge is 2.25.